The van der Waals surface area contributed by atoms with Crippen LogP contribution in [0.5, 0.6) is 11.6 Å². The molecule has 0 saturated carbocycles. The third-order valence-corrected chi connectivity index (χ3v) is 6.40. The number of pyridine rings is 1. The zero-order valence-electron chi connectivity index (χ0n) is 19.4. The van der Waals surface area contributed by atoms with E-state index in [9.17, 15) is 14.4 Å². The van der Waals surface area contributed by atoms with Crippen LogP contribution in [0.4, 0.5) is 10.5 Å². The molecule has 6 rings (SSSR count). The molecule has 4 heterocycles. The van der Waals surface area contributed by atoms with Crippen molar-refractivity contribution in [2.45, 2.75) is 18.4 Å². The van der Waals surface area contributed by atoms with Crippen LogP contribution in [0.25, 0.3) is 22.8 Å². The lowest BCUT2D eigenvalue weighted by atomic mass is 9.92. The van der Waals surface area contributed by atoms with Gasteiger partial charge in [-0.1, -0.05) is 23.4 Å². The monoisotopic (exact) mass is 496 g/mol. The van der Waals surface area contributed by atoms with E-state index >= 15 is 0 Å². The molecular formula is C26H20N6O5. The fourth-order valence-electron chi connectivity index (χ4n) is 4.61. The molecule has 2 saturated heterocycles. The summed E-state index contributed by atoms with van der Waals surface area (Å²) in [5.74, 6) is 0.536. The first-order valence-corrected chi connectivity index (χ1v) is 11.6. The number of hydrogen-bond acceptors (Lipinski definition) is 9. The Balaban J connectivity index is 1.16. The smallest absolute Gasteiger partial charge is 0.328 e. The molecule has 184 valence electrons. The zero-order chi connectivity index (χ0) is 25.4. The number of nitrogens with one attached hydrogen (secondary N) is 2. The maximum Gasteiger partial charge on any atom is 0.328 e. The molecule has 0 radical (unpaired) electrons. The number of hydrogen-bond donors (Lipinski definition) is 2. The second-order valence-electron chi connectivity index (χ2n) is 8.62. The Hall–Kier alpha value is -5.06. The number of carbonyl (C=O) groups excluding carboxylic acids is 3. The number of barbiturate groups is 1. The molecule has 0 unspecified atom stereocenters. The van der Waals surface area contributed by atoms with Gasteiger partial charge in [0, 0.05) is 23.7 Å². The van der Waals surface area contributed by atoms with Gasteiger partial charge >= 0.3 is 6.03 Å². The Morgan fingerprint density at radius 1 is 0.892 bits per heavy atom. The zero-order valence-corrected chi connectivity index (χ0v) is 19.4. The molecule has 37 heavy (non-hydrogen) atoms. The molecule has 2 aliphatic rings. The van der Waals surface area contributed by atoms with Gasteiger partial charge in [-0.15, -0.1) is 0 Å². The van der Waals surface area contributed by atoms with Crippen LogP contribution in [0.1, 0.15) is 12.8 Å². The van der Waals surface area contributed by atoms with E-state index in [-0.39, 0.29) is 0 Å². The number of benzene rings is 2. The highest BCUT2D eigenvalue weighted by atomic mass is 16.5. The van der Waals surface area contributed by atoms with Crippen LogP contribution in [0.3, 0.4) is 0 Å². The molecule has 11 nitrogen and oxygen atoms in total. The Morgan fingerprint density at radius 3 is 2.35 bits per heavy atom. The second kappa shape index (κ2) is 8.86. The minimum atomic E-state index is -1.47. The minimum absolute atomic E-state index is 0.301. The molecule has 1 spiro atoms. The van der Waals surface area contributed by atoms with Gasteiger partial charge in [0.25, 0.3) is 17.7 Å². The summed E-state index contributed by atoms with van der Waals surface area (Å²) in [5, 5.41) is 8.46. The number of ether oxygens (including phenoxy) is 1. The van der Waals surface area contributed by atoms with Gasteiger partial charge in [-0.3, -0.25) is 20.2 Å². The molecule has 2 fully saturated rings. The van der Waals surface area contributed by atoms with E-state index in [0.29, 0.717) is 48.4 Å². The quantitative estimate of drug-likeness (QED) is 0.398. The van der Waals surface area contributed by atoms with Gasteiger partial charge in [0.2, 0.25) is 11.7 Å². The van der Waals surface area contributed by atoms with Crippen molar-refractivity contribution < 1.29 is 23.6 Å². The number of carbonyl (C=O) groups is 3. The van der Waals surface area contributed by atoms with E-state index in [2.05, 4.69) is 25.8 Å². The fourth-order valence-corrected chi connectivity index (χ4v) is 4.61. The van der Waals surface area contributed by atoms with Crippen LogP contribution in [-0.2, 0) is 9.59 Å². The molecule has 4 aromatic rings. The average molecular weight is 496 g/mol. The number of urea groups is 1. The van der Waals surface area contributed by atoms with Crippen LogP contribution >= 0.6 is 0 Å². The molecule has 2 aromatic heterocycles. The summed E-state index contributed by atoms with van der Waals surface area (Å²) < 4.78 is 11.2. The standard InChI is InChI=1S/C26H20N6O5/c33-23-26(24(34)30-25(35)29-23)13-4-14-32(26)18-9-12-20(27-15-18)36-19-10-7-16(8-11-19)21-28-22(37-31-21)17-5-2-1-3-6-17/h1-3,5-12,15H,4,13-14H2,(H2,29,30,33,34,35). The SMILES string of the molecule is O=C1NC(=O)C2(CCCN2c2ccc(Oc3ccc(-c4noc(-c5ccccc5)n4)cc3)nc2)C(=O)N1. The molecule has 4 amide bonds. The number of imide groups is 2. The summed E-state index contributed by atoms with van der Waals surface area (Å²) in [5.41, 5.74) is 0.715. The summed E-state index contributed by atoms with van der Waals surface area (Å²) in [7, 11) is 0. The van der Waals surface area contributed by atoms with Crippen LogP contribution in [0.15, 0.2) is 77.4 Å². The lowest BCUT2D eigenvalue weighted by Crippen LogP contribution is -2.71. The van der Waals surface area contributed by atoms with Crippen molar-refractivity contribution in [1.82, 2.24) is 25.8 Å². The van der Waals surface area contributed by atoms with E-state index < -0.39 is 23.4 Å². The van der Waals surface area contributed by atoms with Crippen molar-refractivity contribution in [2.75, 3.05) is 11.4 Å². The topological polar surface area (TPSA) is 140 Å². The highest BCUT2D eigenvalue weighted by Gasteiger charge is 2.57. The number of anilines is 1. The van der Waals surface area contributed by atoms with Gasteiger partial charge in [-0.05, 0) is 55.3 Å². The highest BCUT2D eigenvalue weighted by Crippen LogP contribution is 2.36. The summed E-state index contributed by atoms with van der Waals surface area (Å²) >= 11 is 0. The normalized spacial score (nSPS) is 16.5. The largest absolute Gasteiger partial charge is 0.439 e. The first kappa shape index (κ1) is 22.4. The summed E-state index contributed by atoms with van der Waals surface area (Å²) in [4.78, 5) is 47.3. The van der Waals surface area contributed by atoms with E-state index in [1.807, 2.05) is 42.5 Å². The van der Waals surface area contributed by atoms with E-state index in [1.54, 1.807) is 29.2 Å². The van der Waals surface area contributed by atoms with Gasteiger partial charge in [-0.2, -0.15) is 4.98 Å². The maximum absolute atomic E-state index is 12.6. The van der Waals surface area contributed by atoms with Crippen LogP contribution in [0, 0.1) is 0 Å². The fraction of sp³-hybridized carbons (Fsp3) is 0.154. The van der Waals surface area contributed by atoms with Gasteiger partial charge in [0.1, 0.15) is 5.75 Å². The summed E-state index contributed by atoms with van der Waals surface area (Å²) in [6.45, 7) is 0.473. The van der Waals surface area contributed by atoms with Crippen molar-refractivity contribution in [3.63, 3.8) is 0 Å². The molecule has 0 aliphatic carbocycles. The first-order chi connectivity index (χ1) is 18.0. The second-order valence-corrected chi connectivity index (χ2v) is 8.62. The number of nitrogens with zero attached hydrogens (tertiary/aromatic N) is 4. The maximum atomic E-state index is 12.6. The predicted octanol–water partition coefficient (Wildman–Crippen LogP) is 3.30. The Kier molecular flexibility index (Phi) is 5.37. The lowest BCUT2D eigenvalue weighted by Gasteiger charge is -2.38. The summed E-state index contributed by atoms with van der Waals surface area (Å²) in [6.07, 6.45) is 2.46. The van der Waals surface area contributed by atoms with Gasteiger partial charge < -0.3 is 14.2 Å². The van der Waals surface area contributed by atoms with E-state index in [4.69, 9.17) is 9.26 Å². The molecule has 2 aromatic carbocycles. The minimum Gasteiger partial charge on any atom is -0.439 e. The molecule has 0 atom stereocenters. The number of aromatic nitrogens is 3. The Morgan fingerprint density at radius 2 is 1.65 bits per heavy atom. The van der Waals surface area contributed by atoms with Crippen molar-refractivity contribution in [3.8, 4) is 34.5 Å². The Labute approximate surface area is 210 Å². The molecule has 0 bridgehead atoms. The van der Waals surface area contributed by atoms with Crippen LogP contribution in [-0.4, -0.2) is 45.1 Å². The lowest BCUT2D eigenvalue weighted by molar-refractivity contribution is -0.137. The van der Waals surface area contributed by atoms with E-state index in [0.717, 1.165) is 11.1 Å². The van der Waals surface area contributed by atoms with Crippen molar-refractivity contribution in [1.29, 1.82) is 0 Å². The highest BCUT2D eigenvalue weighted by molar-refractivity contribution is 6.24. The van der Waals surface area contributed by atoms with Crippen molar-refractivity contribution in [2.24, 2.45) is 0 Å². The number of amides is 4. The van der Waals surface area contributed by atoms with Gasteiger partial charge in [-0.25, -0.2) is 9.78 Å². The van der Waals surface area contributed by atoms with E-state index in [1.165, 1.54) is 6.20 Å². The number of rotatable bonds is 5. The third-order valence-electron chi connectivity index (χ3n) is 6.40. The predicted molar refractivity (Wildman–Crippen MR) is 130 cm³/mol. The molecule has 2 N–H and O–H groups in total. The first-order valence-electron chi connectivity index (χ1n) is 11.6. The van der Waals surface area contributed by atoms with Gasteiger partial charge in [0.05, 0.1) is 11.9 Å². The van der Waals surface area contributed by atoms with Gasteiger partial charge in [0.15, 0.2) is 5.54 Å². The molecule has 11 heteroatoms. The third kappa shape index (κ3) is 3.96. The summed E-state index contributed by atoms with van der Waals surface area (Å²) in [6, 6.07) is 19.3. The van der Waals surface area contributed by atoms with Crippen LogP contribution in [0.2, 0.25) is 0 Å². The van der Waals surface area contributed by atoms with Crippen molar-refractivity contribution in [3.05, 3.63) is 72.9 Å². The molecule has 2 aliphatic heterocycles. The van der Waals surface area contributed by atoms with Crippen molar-refractivity contribution >= 4 is 23.5 Å². The Bertz CT molecular complexity index is 1460. The molecular weight excluding hydrogens is 476 g/mol. The average Bonchev–Trinajstić information content (AvgIpc) is 3.58. The van der Waals surface area contributed by atoms with Crippen LogP contribution < -0.4 is 20.3 Å².